The molecule has 2 unspecified atom stereocenters. The first-order valence-electron chi connectivity index (χ1n) is 7.33. The highest BCUT2D eigenvalue weighted by Gasteiger charge is 2.74. The van der Waals surface area contributed by atoms with E-state index >= 15 is 0 Å². The quantitative estimate of drug-likeness (QED) is 0.923. The Morgan fingerprint density at radius 1 is 0.900 bits per heavy atom. The maximum absolute atomic E-state index is 9.22. The van der Waals surface area contributed by atoms with Crippen LogP contribution in [0.4, 0.5) is 0 Å². The third-order valence-electron chi connectivity index (χ3n) is 5.35. The van der Waals surface area contributed by atoms with Crippen LogP contribution in [0.3, 0.4) is 0 Å². The average Bonchev–Trinajstić information content (AvgIpc) is 3.11. The Hall–Kier alpha value is -1.64. The summed E-state index contributed by atoms with van der Waals surface area (Å²) in [7, 11) is 0. The van der Waals surface area contributed by atoms with Crippen molar-refractivity contribution in [1.29, 1.82) is 0 Å². The molecule has 2 aromatic rings. The van der Waals surface area contributed by atoms with Crippen molar-refractivity contribution < 1.29 is 9.84 Å². The van der Waals surface area contributed by atoms with E-state index in [9.17, 15) is 5.11 Å². The van der Waals surface area contributed by atoms with Gasteiger partial charge in [0, 0.05) is 5.92 Å². The summed E-state index contributed by atoms with van der Waals surface area (Å²) in [5.74, 6) is 1.79. The van der Waals surface area contributed by atoms with Crippen molar-refractivity contribution in [3.8, 4) is 0 Å². The predicted molar refractivity (Wildman–Crippen MR) is 75.7 cm³/mol. The van der Waals surface area contributed by atoms with Crippen LogP contribution in [-0.2, 0) is 10.3 Å². The van der Waals surface area contributed by atoms with Crippen molar-refractivity contribution in [2.45, 2.75) is 17.4 Å². The Balaban J connectivity index is 1.79. The molecular formula is C18H16O2. The molecule has 0 bridgehead atoms. The predicted octanol–water partition coefficient (Wildman–Crippen LogP) is 2.76. The van der Waals surface area contributed by atoms with Gasteiger partial charge in [0.1, 0.15) is 5.60 Å². The topological polar surface area (TPSA) is 29.5 Å². The van der Waals surface area contributed by atoms with Gasteiger partial charge in [0.15, 0.2) is 0 Å². The fourth-order valence-electron chi connectivity index (χ4n) is 4.80. The van der Waals surface area contributed by atoms with Crippen LogP contribution in [0.2, 0.25) is 0 Å². The number of benzene rings is 2. The minimum Gasteiger partial charge on any atom is -0.394 e. The lowest BCUT2D eigenvalue weighted by molar-refractivity contribution is -0.0415. The highest BCUT2D eigenvalue weighted by atomic mass is 16.5. The van der Waals surface area contributed by atoms with E-state index in [0.29, 0.717) is 24.4 Å². The second-order valence-corrected chi connectivity index (χ2v) is 6.06. The zero-order valence-electron chi connectivity index (χ0n) is 11.1. The summed E-state index contributed by atoms with van der Waals surface area (Å²) in [6.45, 7) is 0.479. The monoisotopic (exact) mass is 264 g/mol. The molecule has 3 aliphatic carbocycles. The molecule has 2 aromatic carbocycles. The van der Waals surface area contributed by atoms with E-state index in [4.69, 9.17) is 4.74 Å². The minimum absolute atomic E-state index is 0.0775. The molecule has 2 heteroatoms. The molecule has 0 amide bonds. The van der Waals surface area contributed by atoms with Crippen LogP contribution in [0.5, 0.6) is 0 Å². The number of hydrogen-bond acceptors (Lipinski definition) is 2. The first kappa shape index (κ1) is 11.1. The van der Waals surface area contributed by atoms with Gasteiger partial charge in [-0.05, 0) is 34.1 Å². The van der Waals surface area contributed by atoms with Crippen LogP contribution in [-0.4, -0.2) is 18.3 Å². The van der Waals surface area contributed by atoms with Crippen LogP contribution in [0.15, 0.2) is 48.5 Å². The molecule has 0 aliphatic heterocycles. The molecule has 5 rings (SSSR count). The van der Waals surface area contributed by atoms with E-state index in [1.807, 2.05) is 0 Å². The zero-order valence-corrected chi connectivity index (χ0v) is 11.1. The van der Waals surface area contributed by atoms with Gasteiger partial charge in [0.2, 0.25) is 0 Å². The van der Waals surface area contributed by atoms with Gasteiger partial charge < -0.3 is 9.84 Å². The van der Waals surface area contributed by atoms with Gasteiger partial charge in [-0.15, -0.1) is 0 Å². The Labute approximate surface area is 118 Å². The first-order valence-corrected chi connectivity index (χ1v) is 7.33. The van der Waals surface area contributed by atoms with Crippen molar-refractivity contribution in [2.75, 3.05) is 13.2 Å². The normalized spacial score (nSPS) is 34.5. The SMILES string of the molecule is OCCOC12c3ccccc3C3C(c4ccccc41)C32. The summed E-state index contributed by atoms with van der Waals surface area (Å²) in [6, 6.07) is 17.4. The zero-order chi connectivity index (χ0) is 13.3. The molecule has 0 radical (unpaired) electrons. The number of aliphatic hydroxyl groups is 1. The molecule has 2 nitrogen and oxygen atoms in total. The van der Waals surface area contributed by atoms with Crippen molar-refractivity contribution in [1.82, 2.24) is 0 Å². The van der Waals surface area contributed by atoms with Gasteiger partial charge in [0.05, 0.1) is 13.2 Å². The highest BCUT2D eigenvalue weighted by Crippen LogP contribution is 2.80. The fraction of sp³-hybridized carbons (Fsp3) is 0.333. The van der Waals surface area contributed by atoms with Crippen LogP contribution in [0, 0.1) is 5.92 Å². The molecule has 1 fully saturated rings. The van der Waals surface area contributed by atoms with Gasteiger partial charge in [-0.2, -0.15) is 0 Å². The minimum atomic E-state index is -0.300. The standard InChI is InChI=1S/C18H16O2/c19-9-10-20-18-13-7-3-1-5-11(13)15-16(17(15)18)12-6-2-4-8-14(12)18/h1-8,15-17,19H,9-10H2. The summed E-state index contributed by atoms with van der Waals surface area (Å²) < 4.78 is 6.29. The molecule has 0 aromatic heterocycles. The average molecular weight is 264 g/mol. The Morgan fingerprint density at radius 3 is 2.00 bits per heavy atom. The van der Waals surface area contributed by atoms with Crippen molar-refractivity contribution >= 4 is 0 Å². The lowest BCUT2D eigenvalue weighted by Crippen LogP contribution is -2.31. The Bertz CT molecular complexity index is 653. The molecular weight excluding hydrogens is 248 g/mol. The van der Waals surface area contributed by atoms with Gasteiger partial charge in [-0.25, -0.2) is 0 Å². The van der Waals surface area contributed by atoms with Crippen molar-refractivity contribution in [2.24, 2.45) is 5.92 Å². The summed E-state index contributed by atoms with van der Waals surface area (Å²) in [4.78, 5) is 0. The molecule has 0 saturated heterocycles. The molecule has 2 atom stereocenters. The highest BCUT2D eigenvalue weighted by molar-refractivity contribution is 5.66. The van der Waals surface area contributed by atoms with E-state index in [2.05, 4.69) is 48.5 Å². The van der Waals surface area contributed by atoms with Crippen LogP contribution in [0.25, 0.3) is 0 Å². The summed E-state index contributed by atoms with van der Waals surface area (Å²) >= 11 is 0. The molecule has 0 spiro atoms. The second-order valence-electron chi connectivity index (χ2n) is 6.06. The molecule has 100 valence electrons. The molecule has 1 saturated carbocycles. The third-order valence-corrected chi connectivity index (χ3v) is 5.35. The van der Waals surface area contributed by atoms with Crippen molar-refractivity contribution in [3.63, 3.8) is 0 Å². The molecule has 20 heavy (non-hydrogen) atoms. The van der Waals surface area contributed by atoms with E-state index in [1.165, 1.54) is 22.3 Å². The summed E-state index contributed by atoms with van der Waals surface area (Å²) in [6.07, 6.45) is 0. The van der Waals surface area contributed by atoms with E-state index in [-0.39, 0.29) is 12.2 Å². The molecule has 0 heterocycles. The maximum Gasteiger partial charge on any atom is 0.123 e. The number of aliphatic hydroxyl groups excluding tert-OH is 1. The molecule has 1 N–H and O–H groups in total. The van der Waals surface area contributed by atoms with Gasteiger partial charge in [0.25, 0.3) is 0 Å². The molecule has 3 aliphatic rings. The van der Waals surface area contributed by atoms with Crippen LogP contribution >= 0.6 is 0 Å². The van der Waals surface area contributed by atoms with Crippen LogP contribution in [0.1, 0.15) is 34.1 Å². The summed E-state index contributed by atoms with van der Waals surface area (Å²) in [5, 5.41) is 9.22. The van der Waals surface area contributed by atoms with Gasteiger partial charge >= 0.3 is 0 Å². The maximum atomic E-state index is 9.22. The number of fused-ring (bicyclic) bond motifs is 7. The summed E-state index contributed by atoms with van der Waals surface area (Å²) in [5.41, 5.74) is 5.26. The first-order chi connectivity index (χ1) is 9.89. The second kappa shape index (κ2) is 3.51. The van der Waals surface area contributed by atoms with Gasteiger partial charge in [-0.1, -0.05) is 48.5 Å². The van der Waals surface area contributed by atoms with E-state index < -0.39 is 0 Å². The number of hydrogen-bond donors (Lipinski definition) is 1. The number of rotatable bonds is 3. The van der Waals surface area contributed by atoms with Crippen molar-refractivity contribution in [3.05, 3.63) is 70.8 Å². The van der Waals surface area contributed by atoms with Gasteiger partial charge in [-0.3, -0.25) is 0 Å². The lowest BCUT2D eigenvalue weighted by atomic mass is 9.87. The van der Waals surface area contributed by atoms with Crippen LogP contribution < -0.4 is 0 Å². The fourth-order valence-corrected chi connectivity index (χ4v) is 4.80. The number of ether oxygens (including phenoxy) is 1. The third kappa shape index (κ3) is 1.03. The van der Waals surface area contributed by atoms with E-state index in [1.54, 1.807) is 0 Å². The Morgan fingerprint density at radius 2 is 1.45 bits per heavy atom. The Kier molecular flexibility index (Phi) is 1.94. The smallest absolute Gasteiger partial charge is 0.123 e. The largest absolute Gasteiger partial charge is 0.394 e. The lowest BCUT2D eigenvalue weighted by Gasteiger charge is -2.31. The van der Waals surface area contributed by atoms with E-state index in [0.717, 1.165) is 0 Å².